The minimum atomic E-state index is 0.731. The second kappa shape index (κ2) is 6.41. The fraction of sp³-hybridized carbons (Fsp3) is 0.471. The molecule has 0 radical (unpaired) electrons. The van der Waals surface area contributed by atoms with Gasteiger partial charge in [-0.3, -0.25) is 9.88 Å². The summed E-state index contributed by atoms with van der Waals surface area (Å²) in [6.07, 6.45) is 4.47. The van der Waals surface area contributed by atoms with Gasteiger partial charge in [0.25, 0.3) is 0 Å². The number of hydrogen-bond donors (Lipinski definition) is 1. The molecule has 1 aliphatic carbocycles. The summed E-state index contributed by atoms with van der Waals surface area (Å²) in [6, 6.07) is 8.93. The van der Waals surface area contributed by atoms with Crippen LogP contribution in [0, 0.1) is 6.92 Å². The van der Waals surface area contributed by atoms with Gasteiger partial charge in [0.05, 0.1) is 12.2 Å². The molecule has 0 saturated heterocycles. The highest BCUT2D eigenvalue weighted by Gasteiger charge is 2.21. The van der Waals surface area contributed by atoms with E-state index >= 15 is 0 Å². The molecular weight excluding hydrogens is 262 g/mol. The third kappa shape index (κ3) is 4.16. The summed E-state index contributed by atoms with van der Waals surface area (Å²) in [7, 11) is 2.09. The Hall–Kier alpha value is -1.65. The molecule has 2 aromatic rings. The quantitative estimate of drug-likeness (QED) is 0.849. The normalized spacial score (nSPS) is 14.8. The Labute approximate surface area is 126 Å². The lowest BCUT2D eigenvalue weighted by Gasteiger charge is -2.14. The second-order valence-electron chi connectivity index (χ2n) is 5.94. The van der Waals surface area contributed by atoms with Crippen LogP contribution in [0.15, 0.2) is 34.9 Å². The lowest BCUT2D eigenvalue weighted by Crippen LogP contribution is -2.17. The minimum Gasteiger partial charge on any atom is -0.465 e. The summed E-state index contributed by atoms with van der Waals surface area (Å²) in [5.41, 5.74) is 2.36. The predicted octanol–water partition coefficient (Wildman–Crippen LogP) is 2.87. The number of furan rings is 1. The minimum absolute atomic E-state index is 0.731. The van der Waals surface area contributed by atoms with Gasteiger partial charge >= 0.3 is 0 Å². The van der Waals surface area contributed by atoms with Crippen LogP contribution in [0.4, 0.5) is 0 Å². The van der Waals surface area contributed by atoms with Crippen LogP contribution in [0.5, 0.6) is 0 Å². The first-order valence-electron chi connectivity index (χ1n) is 7.61. The highest BCUT2D eigenvalue weighted by Crippen LogP contribution is 2.21. The van der Waals surface area contributed by atoms with Crippen molar-refractivity contribution in [2.45, 2.75) is 45.4 Å². The molecule has 3 rings (SSSR count). The van der Waals surface area contributed by atoms with E-state index in [0.29, 0.717) is 0 Å². The molecule has 0 unspecified atom stereocenters. The molecule has 21 heavy (non-hydrogen) atoms. The molecule has 0 aliphatic heterocycles. The number of hydrogen-bond acceptors (Lipinski definition) is 4. The van der Waals surface area contributed by atoms with Crippen LogP contribution in [0.25, 0.3) is 0 Å². The third-order valence-corrected chi connectivity index (χ3v) is 3.81. The van der Waals surface area contributed by atoms with Gasteiger partial charge in [-0.15, -0.1) is 0 Å². The van der Waals surface area contributed by atoms with Gasteiger partial charge < -0.3 is 9.73 Å². The highest BCUT2D eigenvalue weighted by molar-refractivity contribution is 5.21. The summed E-state index contributed by atoms with van der Waals surface area (Å²) in [5.74, 6) is 2.06. The van der Waals surface area contributed by atoms with Gasteiger partial charge in [0.1, 0.15) is 11.5 Å². The molecule has 1 saturated carbocycles. The fourth-order valence-corrected chi connectivity index (χ4v) is 2.47. The monoisotopic (exact) mass is 285 g/mol. The highest BCUT2D eigenvalue weighted by atomic mass is 16.3. The maximum Gasteiger partial charge on any atom is 0.118 e. The van der Waals surface area contributed by atoms with E-state index in [2.05, 4.69) is 34.4 Å². The summed E-state index contributed by atoms with van der Waals surface area (Å²) < 4.78 is 5.87. The Morgan fingerprint density at radius 3 is 2.90 bits per heavy atom. The van der Waals surface area contributed by atoms with Gasteiger partial charge in [-0.2, -0.15) is 0 Å². The Morgan fingerprint density at radius 2 is 2.19 bits per heavy atom. The zero-order chi connectivity index (χ0) is 14.7. The third-order valence-electron chi connectivity index (χ3n) is 3.81. The zero-order valence-corrected chi connectivity index (χ0v) is 12.8. The molecule has 2 heterocycles. The van der Waals surface area contributed by atoms with Gasteiger partial charge in [0.2, 0.25) is 0 Å². The van der Waals surface area contributed by atoms with E-state index in [1.165, 1.54) is 18.4 Å². The Kier molecular flexibility index (Phi) is 4.36. The largest absolute Gasteiger partial charge is 0.465 e. The lowest BCUT2D eigenvalue weighted by atomic mass is 10.2. The van der Waals surface area contributed by atoms with E-state index in [4.69, 9.17) is 4.42 Å². The first-order chi connectivity index (χ1) is 10.2. The lowest BCUT2D eigenvalue weighted by molar-refractivity contribution is 0.282. The molecule has 4 heteroatoms. The van der Waals surface area contributed by atoms with Gasteiger partial charge in [0.15, 0.2) is 0 Å². The fourth-order valence-electron chi connectivity index (χ4n) is 2.47. The zero-order valence-electron chi connectivity index (χ0n) is 12.8. The molecule has 0 amide bonds. The molecule has 0 spiro atoms. The molecule has 4 nitrogen and oxygen atoms in total. The van der Waals surface area contributed by atoms with Gasteiger partial charge in [0, 0.05) is 30.9 Å². The van der Waals surface area contributed by atoms with Crippen molar-refractivity contribution < 1.29 is 4.42 Å². The van der Waals surface area contributed by atoms with Crippen molar-refractivity contribution in [1.82, 2.24) is 15.2 Å². The van der Waals surface area contributed by atoms with Crippen molar-refractivity contribution in [2.75, 3.05) is 7.05 Å². The summed E-state index contributed by atoms with van der Waals surface area (Å²) in [4.78, 5) is 6.58. The van der Waals surface area contributed by atoms with Crippen LogP contribution in [-0.4, -0.2) is 23.0 Å². The van der Waals surface area contributed by atoms with Gasteiger partial charge in [-0.25, -0.2) is 0 Å². The summed E-state index contributed by atoms with van der Waals surface area (Å²) in [6.45, 7) is 4.60. The Balaban J connectivity index is 1.55. The van der Waals surface area contributed by atoms with E-state index in [1.54, 1.807) is 0 Å². The molecule has 1 aliphatic rings. The maximum absolute atomic E-state index is 5.87. The Bertz CT molecular complexity index is 575. The predicted molar refractivity (Wildman–Crippen MR) is 82.7 cm³/mol. The smallest absolute Gasteiger partial charge is 0.118 e. The number of nitrogens with one attached hydrogen (secondary N) is 1. The van der Waals surface area contributed by atoms with Crippen LogP contribution in [-0.2, 0) is 19.6 Å². The number of aryl methyl sites for hydroxylation is 1. The van der Waals surface area contributed by atoms with Gasteiger partial charge in [-0.1, -0.05) is 6.07 Å². The van der Waals surface area contributed by atoms with Gasteiger partial charge in [-0.05, 0) is 45.0 Å². The first kappa shape index (κ1) is 14.3. The molecule has 0 bridgehead atoms. The number of pyridine rings is 1. The maximum atomic E-state index is 5.87. The van der Waals surface area contributed by atoms with Crippen LogP contribution < -0.4 is 5.32 Å². The standard InChI is InChI=1S/C17H23N3O/c1-13-14(10-19-15-6-7-15)9-17(21-13)12-20(2)11-16-5-3-4-8-18-16/h3-5,8-9,15,19H,6-7,10-12H2,1-2H3. The van der Waals surface area contributed by atoms with Crippen molar-refractivity contribution in [3.05, 3.63) is 53.2 Å². The van der Waals surface area contributed by atoms with E-state index in [0.717, 1.165) is 42.9 Å². The average molecular weight is 285 g/mol. The summed E-state index contributed by atoms with van der Waals surface area (Å²) in [5, 5.41) is 3.54. The van der Waals surface area contributed by atoms with E-state index in [9.17, 15) is 0 Å². The molecule has 1 N–H and O–H groups in total. The SMILES string of the molecule is Cc1oc(CN(C)Cc2ccccn2)cc1CNC1CC1. The molecule has 0 atom stereocenters. The van der Waals surface area contributed by atoms with Crippen molar-refractivity contribution in [2.24, 2.45) is 0 Å². The molecule has 2 aromatic heterocycles. The van der Waals surface area contributed by atoms with E-state index in [1.807, 2.05) is 25.3 Å². The van der Waals surface area contributed by atoms with Crippen LogP contribution >= 0.6 is 0 Å². The Morgan fingerprint density at radius 1 is 1.33 bits per heavy atom. The average Bonchev–Trinajstić information content (AvgIpc) is 3.22. The molecule has 1 fully saturated rings. The van der Waals surface area contributed by atoms with Crippen molar-refractivity contribution >= 4 is 0 Å². The summed E-state index contributed by atoms with van der Waals surface area (Å²) >= 11 is 0. The first-order valence-corrected chi connectivity index (χ1v) is 7.61. The van der Waals surface area contributed by atoms with Crippen molar-refractivity contribution in [1.29, 1.82) is 0 Å². The topological polar surface area (TPSA) is 41.3 Å². The van der Waals surface area contributed by atoms with E-state index < -0.39 is 0 Å². The van der Waals surface area contributed by atoms with Crippen LogP contribution in [0.3, 0.4) is 0 Å². The second-order valence-corrected chi connectivity index (χ2v) is 5.94. The van der Waals surface area contributed by atoms with Crippen LogP contribution in [0.1, 0.15) is 35.6 Å². The number of rotatable bonds is 7. The van der Waals surface area contributed by atoms with E-state index in [-0.39, 0.29) is 0 Å². The van der Waals surface area contributed by atoms with Crippen molar-refractivity contribution in [3.63, 3.8) is 0 Å². The number of aromatic nitrogens is 1. The number of nitrogens with zero attached hydrogens (tertiary/aromatic N) is 2. The molecule has 0 aromatic carbocycles. The molecule has 112 valence electrons. The van der Waals surface area contributed by atoms with Crippen LogP contribution in [0.2, 0.25) is 0 Å². The van der Waals surface area contributed by atoms with Crippen molar-refractivity contribution in [3.8, 4) is 0 Å². The molecular formula is C17H23N3O.